The highest BCUT2D eigenvalue weighted by Gasteiger charge is 2.25. The van der Waals surface area contributed by atoms with Crippen LogP contribution < -0.4 is 14.5 Å². The van der Waals surface area contributed by atoms with Crippen LogP contribution in [0.3, 0.4) is 0 Å². The number of ether oxygens (including phenoxy) is 1. The molecular weight excluding hydrogens is 705 g/mol. The van der Waals surface area contributed by atoms with E-state index in [1.54, 1.807) is 0 Å². The van der Waals surface area contributed by atoms with E-state index in [2.05, 4.69) is 192 Å². The number of hydrogen-bond donors (Lipinski definition) is 0. The molecular formula is C50H50N4OS. The Bertz CT molecular complexity index is 2810. The smallest absolute Gasteiger partial charge is 0.137 e. The van der Waals surface area contributed by atoms with Gasteiger partial charge in [0.15, 0.2) is 0 Å². The maximum Gasteiger partial charge on any atom is 0.137 e. The molecule has 1 aliphatic heterocycles. The van der Waals surface area contributed by atoms with Crippen molar-refractivity contribution >= 4 is 64.7 Å². The van der Waals surface area contributed by atoms with Crippen LogP contribution in [-0.2, 0) is 16.2 Å². The molecule has 0 fully saturated rings. The quantitative estimate of drug-likeness (QED) is 0.175. The summed E-state index contributed by atoms with van der Waals surface area (Å²) in [5, 5.41) is 4.92. The van der Waals surface area contributed by atoms with Crippen LogP contribution in [0.2, 0.25) is 0 Å². The Balaban J connectivity index is 1.09. The normalized spacial score (nSPS) is 13.9. The molecule has 0 saturated carbocycles. The Hall–Kier alpha value is -5.59. The number of aromatic nitrogens is 2. The first-order valence-electron chi connectivity index (χ1n) is 19.6. The van der Waals surface area contributed by atoms with Gasteiger partial charge in [-0.3, -0.25) is 4.57 Å². The molecule has 0 radical (unpaired) electrons. The molecule has 5 nitrogen and oxygen atoms in total. The van der Waals surface area contributed by atoms with E-state index >= 15 is 0 Å². The molecule has 0 amide bonds. The van der Waals surface area contributed by atoms with Gasteiger partial charge in [-0.2, -0.15) is 0 Å². The Morgan fingerprint density at radius 2 is 1.23 bits per heavy atom. The minimum Gasteiger partial charge on any atom is -0.457 e. The van der Waals surface area contributed by atoms with Crippen molar-refractivity contribution in [2.24, 2.45) is 0 Å². The Morgan fingerprint density at radius 3 is 1.96 bits per heavy atom. The highest BCUT2D eigenvalue weighted by molar-refractivity contribution is 7.26. The fourth-order valence-electron chi connectivity index (χ4n) is 7.86. The van der Waals surface area contributed by atoms with E-state index in [1.165, 1.54) is 58.8 Å². The van der Waals surface area contributed by atoms with E-state index < -0.39 is 0 Å². The molecule has 282 valence electrons. The predicted octanol–water partition coefficient (Wildman–Crippen LogP) is 14.0. The van der Waals surface area contributed by atoms with Gasteiger partial charge in [0.25, 0.3) is 0 Å². The molecule has 4 heterocycles. The fourth-order valence-corrected chi connectivity index (χ4v) is 8.97. The summed E-state index contributed by atoms with van der Waals surface area (Å²) in [4.78, 5) is 9.62. The lowest BCUT2D eigenvalue weighted by atomic mass is 9.80. The van der Waals surface area contributed by atoms with Crippen molar-refractivity contribution < 1.29 is 4.74 Å². The average Bonchev–Trinajstić information content (AvgIpc) is 3.88. The third-order valence-electron chi connectivity index (χ3n) is 11.2. The van der Waals surface area contributed by atoms with Gasteiger partial charge in [0.05, 0.1) is 17.7 Å². The Labute approximate surface area is 334 Å². The number of hydrogen-bond acceptors (Lipinski definition) is 5. The number of rotatable bonds is 5. The van der Waals surface area contributed by atoms with E-state index in [4.69, 9.17) is 9.72 Å². The molecule has 0 atom stereocenters. The number of anilines is 2. The van der Waals surface area contributed by atoms with Gasteiger partial charge in [-0.1, -0.05) is 98.7 Å². The van der Waals surface area contributed by atoms with Crippen LogP contribution in [0.5, 0.6) is 11.5 Å². The molecule has 0 bridgehead atoms. The summed E-state index contributed by atoms with van der Waals surface area (Å²) in [5.41, 5.74) is 8.58. The monoisotopic (exact) mass is 754 g/mol. The van der Waals surface area contributed by atoms with Crippen LogP contribution in [0, 0.1) is 0 Å². The summed E-state index contributed by atoms with van der Waals surface area (Å²) in [6.45, 7) is 21.2. The summed E-state index contributed by atoms with van der Waals surface area (Å²) in [7, 11) is 0. The lowest BCUT2D eigenvalue weighted by molar-refractivity contribution is 0.483. The lowest BCUT2D eigenvalue weighted by Gasteiger charge is -2.29. The van der Waals surface area contributed by atoms with E-state index in [0.29, 0.717) is 0 Å². The SMILES string of the molecule is CC(C)(C)c1cc(N2C=CN(c3cccc(Oc4ccc5c6ccc7sc8ccccc8c7c6n(-c6cc(C(C)(C)C)ccn6)c5c4)c3)C2)cc(C(C)(C)C)c1. The highest BCUT2D eigenvalue weighted by atomic mass is 32.1. The van der Waals surface area contributed by atoms with Crippen LogP contribution in [0.4, 0.5) is 11.4 Å². The molecule has 0 N–H and O–H groups in total. The van der Waals surface area contributed by atoms with Crippen LogP contribution in [0.15, 0.2) is 128 Å². The van der Waals surface area contributed by atoms with Crippen molar-refractivity contribution in [2.75, 3.05) is 16.5 Å². The molecule has 9 rings (SSSR count). The van der Waals surface area contributed by atoms with Gasteiger partial charge < -0.3 is 14.5 Å². The first-order valence-corrected chi connectivity index (χ1v) is 20.4. The van der Waals surface area contributed by atoms with Crippen molar-refractivity contribution in [3.05, 3.63) is 144 Å². The average molecular weight is 755 g/mol. The third-order valence-corrected chi connectivity index (χ3v) is 12.3. The molecule has 0 unspecified atom stereocenters. The molecule has 1 aliphatic rings. The molecule has 5 aromatic carbocycles. The van der Waals surface area contributed by atoms with E-state index in [9.17, 15) is 0 Å². The van der Waals surface area contributed by atoms with Gasteiger partial charge in [0.1, 0.15) is 17.3 Å². The van der Waals surface area contributed by atoms with Gasteiger partial charge in [-0.25, -0.2) is 4.98 Å². The first-order chi connectivity index (χ1) is 26.6. The Morgan fingerprint density at radius 1 is 0.554 bits per heavy atom. The van der Waals surface area contributed by atoms with Crippen LogP contribution >= 0.6 is 11.3 Å². The number of nitrogens with zero attached hydrogens (tertiary/aromatic N) is 4. The van der Waals surface area contributed by atoms with Crippen molar-refractivity contribution in [3.63, 3.8) is 0 Å². The second-order valence-electron chi connectivity index (χ2n) is 18.3. The summed E-state index contributed by atoms with van der Waals surface area (Å²) in [5.74, 6) is 2.48. The molecule has 0 aliphatic carbocycles. The number of pyridine rings is 1. The number of fused-ring (bicyclic) bond motifs is 7. The minimum atomic E-state index is -0.0203. The van der Waals surface area contributed by atoms with Gasteiger partial charge >= 0.3 is 0 Å². The summed E-state index contributed by atoms with van der Waals surface area (Å²) in [6, 6.07) is 39.6. The van der Waals surface area contributed by atoms with Crippen LogP contribution in [0.25, 0.3) is 47.8 Å². The zero-order chi connectivity index (χ0) is 39.1. The van der Waals surface area contributed by atoms with Gasteiger partial charge in [-0.05, 0) is 93.6 Å². The van der Waals surface area contributed by atoms with Crippen molar-refractivity contribution in [2.45, 2.75) is 78.6 Å². The van der Waals surface area contributed by atoms with Gasteiger partial charge in [-0.15, -0.1) is 11.3 Å². The zero-order valence-electron chi connectivity index (χ0n) is 33.9. The summed E-state index contributed by atoms with van der Waals surface area (Å²) < 4.78 is 11.6. The Kier molecular flexibility index (Phi) is 8.37. The summed E-state index contributed by atoms with van der Waals surface area (Å²) >= 11 is 1.85. The molecule has 6 heteroatoms. The molecule has 0 spiro atoms. The second-order valence-corrected chi connectivity index (χ2v) is 19.4. The van der Waals surface area contributed by atoms with Crippen molar-refractivity contribution in [1.82, 2.24) is 9.55 Å². The molecule has 56 heavy (non-hydrogen) atoms. The highest BCUT2D eigenvalue weighted by Crippen LogP contribution is 2.44. The van der Waals surface area contributed by atoms with Gasteiger partial charge in [0, 0.05) is 73.0 Å². The van der Waals surface area contributed by atoms with E-state index in [1.807, 2.05) is 23.6 Å². The van der Waals surface area contributed by atoms with E-state index in [-0.39, 0.29) is 16.2 Å². The minimum absolute atomic E-state index is 0.0203. The zero-order valence-corrected chi connectivity index (χ0v) is 34.8. The second kappa shape index (κ2) is 13.0. The van der Waals surface area contributed by atoms with Crippen molar-refractivity contribution in [3.8, 4) is 17.3 Å². The molecule has 8 aromatic rings. The van der Waals surface area contributed by atoms with Crippen LogP contribution in [0.1, 0.15) is 79.0 Å². The first kappa shape index (κ1) is 36.1. The number of benzene rings is 5. The maximum atomic E-state index is 6.72. The third kappa shape index (κ3) is 6.40. The number of thiophene rings is 1. The standard InChI is InChI=1S/C50H50N4OS/c1-48(2,3)32-21-22-51-45(28-32)54-42-30-38(17-18-39(42)40-19-20-44-46(47(40)54)41-15-10-11-16-43(41)56-44)55-37-14-12-13-35(29-37)52-23-24-53(31-52)36-26-33(49(4,5)6)25-34(27-36)50(7,8)9/h10-30H,31H2,1-9H3. The predicted molar refractivity (Wildman–Crippen MR) is 239 cm³/mol. The largest absolute Gasteiger partial charge is 0.457 e. The van der Waals surface area contributed by atoms with Crippen LogP contribution in [-0.4, -0.2) is 16.2 Å². The van der Waals surface area contributed by atoms with Gasteiger partial charge in [0.2, 0.25) is 0 Å². The maximum absolute atomic E-state index is 6.72. The fraction of sp³-hybridized carbons (Fsp3) is 0.260. The summed E-state index contributed by atoms with van der Waals surface area (Å²) in [6.07, 6.45) is 6.30. The topological polar surface area (TPSA) is 33.5 Å². The lowest BCUT2D eigenvalue weighted by Crippen LogP contribution is -2.26. The molecule has 3 aromatic heterocycles. The van der Waals surface area contributed by atoms with E-state index in [0.717, 1.165) is 35.2 Å². The van der Waals surface area contributed by atoms with Crippen molar-refractivity contribution in [1.29, 1.82) is 0 Å². The molecule has 0 saturated heterocycles.